The van der Waals surface area contributed by atoms with Crippen LogP contribution in [0.5, 0.6) is 5.75 Å². The Hall–Kier alpha value is -0.780. The summed E-state index contributed by atoms with van der Waals surface area (Å²) in [7, 11) is 0. The first-order valence-corrected chi connectivity index (χ1v) is 6.99. The van der Waals surface area contributed by atoms with Crippen LogP contribution >= 0.6 is 22.6 Å². The van der Waals surface area contributed by atoms with Crippen LogP contribution in [0.3, 0.4) is 0 Å². The summed E-state index contributed by atoms with van der Waals surface area (Å²) in [6.07, 6.45) is 4.51. The van der Waals surface area contributed by atoms with Crippen molar-refractivity contribution >= 4 is 28.5 Å². The minimum atomic E-state index is -0.199. The van der Waals surface area contributed by atoms with E-state index in [2.05, 4.69) is 34.8 Å². The van der Waals surface area contributed by atoms with Gasteiger partial charge in [-0.25, -0.2) is 0 Å². The minimum Gasteiger partial charge on any atom is -0.507 e. The maximum absolute atomic E-state index is 11.7. The van der Waals surface area contributed by atoms with E-state index in [1.807, 2.05) is 6.07 Å². The fourth-order valence-electron chi connectivity index (χ4n) is 1.55. The molecule has 17 heavy (non-hydrogen) atoms. The van der Waals surface area contributed by atoms with Gasteiger partial charge in [-0.15, -0.1) is 0 Å². The molecule has 0 aliphatic heterocycles. The average Bonchev–Trinajstić information content (AvgIpc) is 2.28. The summed E-state index contributed by atoms with van der Waals surface area (Å²) in [6.45, 7) is 2.83. The van der Waals surface area contributed by atoms with Gasteiger partial charge >= 0.3 is 0 Å². The predicted molar refractivity (Wildman–Crippen MR) is 77.3 cm³/mol. The van der Waals surface area contributed by atoms with Crippen molar-refractivity contribution in [3.05, 3.63) is 27.3 Å². The van der Waals surface area contributed by atoms with Crippen molar-refractivity contribution < 1.29 is 9.90 Å². The van der Waals surface area contributed by atoms with Crippen LogP contribution in [-0.4, -0.2) is 17.6 Å². The fraction of sp³-hybridized carbons (Fsp3) is 0.462. The largest absolute Gasteiger partial charge is 0.507 e. The van der Waals surface area contributed by atoms with Crippen LogP contribution in [0.25, 0.3) is 0 Å². The van der Waals surface area contributed by atoms with Gasteiger partial charge in [0, 0.05) is 10.1 Å². The van der Waals surface area contributed by atoms with Crippen LogP contribution in [0.15, 0.2) is 18.2 Å². The zero-order valence-corrected chi connectivity index (χ0v) is 12.2. The molecule has 0 saturated heterocycles. The number of benzene rings is 1. The molecule has 3 nitrogen and oxygen atoms in total. The van der Waals surface area contributed by atoms with Crippen LogP contribution in [0.1, 0.15) is 43.0 Å². The molecule has 0 radical (unpaired) electrons. The Morgan fingerprint density at radius 1 is 1.35 bits per heavy atom. The second-order valence-corrected chi connectivity index (χ2v) is 5.22. The van der Waals surface area contributed by atoms with Gasteiger partial charge in [0.2, 0.25) is 0 Å². The first-order chi connectivity index (χ1) is 8.15. The highest BCUT2D eigenvalue weighted by molar-refractivity contribution is 14.1. The van der Waals surface area contributed by atoms with Crippen LogP contribution in [0.2, 0.25) is 0 Å². The molecule has 1 amide bonds. The van der Waals surface area contributed by atoms with Gasteiger partial charge in [-0.05, 0) is 47.2 Å². The zero-order chi connectivity index (χ0) is 12.7. The monoisotopic (exact) mass is 347 g/mol. The molecule has 0 heterocycles. The van der Waals surface area contributed by atoms with E-state index in [-0.39, 0.29) is 11.7 Å². The van der Waals surface area contributed by atoms with E-state index in [1.54, 1.807) is 12.1 Å². The molecule has 0 atom stereocenters. The topological polar surface area (TPSA) is 49.3 Å². The van der Waals surface area contributed by atoms with Crippen molar-refractivity contribution in [3.8, 4) is 5.75 Å². The van der Waals surface area contributed by atoms with E-state index >= 15 is 0 Å². The first-order valence-electron chi connectivity index (χ1n) is 5.92. The lowest BCUT2D eigenvalue weighted by molar-refractivity contribution is 0.0950. The lowest BCUT2D eigenvalue weighted by Crippen LogP contribution is -2.24. The van der Waals surface area contributed by atoms with Gasteiger partial charge in [-0.1, -0.05) is 26.2 Å². The normalized spacial score (nSPS) is 10.2. The van der Waals surface area contributed by atoms with Gasteiger partial charge in [0.25, 0.3) is 5.91 Å². The second-order valence-electron chi connectivity index (χ2n) is 3.98. The molecule has 0 aliphatic carbocycles. The lowest BCUT2D eigenvalue weighted by Gasteiger charge is -2.06. The molecule has 0 aromatic heterocycles. The zero-order valence-electron chi connectivity index (χ0n) is 10.0. The molecule has 0 bridgehead atoms. The number of halogens is 1. The van der Waals surface area contributed by atoms with Crippen molar-refractivity contribution in [3.63, 3.8) is 0 Å². The van der Waals surface area contributed by atoms with E-state index in [9.17, 15) is 9.90 Å². The van der Waals surface area contributed by atoms with Crippen LogP contribution in [0.4, 0.5) is 0 Å². The summed E-state index contributed by atoms with van der Waals surface area (Å²) in [6, 6.07) is 5.05. The van der Waals surface area contributed by atoms with Gasteiger partial charge in [-0.3, -0.25) is 4.79 Å². The Labute approximate surface area is 116 Å². The Morgan fingerprint density at radius 2 is 2.12 bits per heavy atom. The first kappa shape index (κ1) is 14.3. The highest BCUT2D eigenvalue weighted by Gasteiger charge is 2.10. The smallest absolute Gasteiger partial charge is 0.255 e. The number of hydrogen-bond donors (Lipinski definition) is 2. The third-order valence-corrected chi connectivity index (χ3v) is 3.19. The lowest BCUT2D eigenvalue weighted by atomic mass is 10.1. The van der Waals surface area contributed by atoms with E-state index in [1.165, 1.54) is 12.8 Å². The number of rotatable bonds is 6. The molecule has 0 saturated carbocycles. The SMILES string of the molecule is CCCCCCNC(=O)c1ccc(I)cc1O. The molecule has 94 valence electrons. The molecule has 1 rings (SSSR count). The van der Waals surface area contributed by atoms with Crippen molar-refractivity contribution in [2.24, 2.45) is 0 Å². The number of nitrogens with one attached hydrogen (secondary N) is 1. The van der Waals surface area contributed by atoms with Crippen molar-refractivity contribution in [1.82, 2.24) is 5.32 Å². The Bertz CT molecular complexity index is 380. The molecule has 0 spiro atoms. The highest BCUT2D eigenvalue weighted by atomic mass is 127. The van der Waals surface area contributed by atoms with E-state index in [0.29, 0.717) is 12.1 Å². The maximum atomic E-state index is 11.7. The number of unbranched alkanes of at least 4 members (excludes halogenated alkanes) is 3. The van der Waals surface area contributed by atoms with Crippen LogP contribution < -0.4 is 5.32 Å². The summed E-state index contributed by atoms with van der Waals surface area (Å²) < 4.78 is 0.916. The molecule has 4 heteroatoms. The summed E-state index contributed by atoms with van der Waals surface area (Å²) in [5.41, 5.74) is 0.348. The third kappa shape index (κ3) is 4.93. The summed E-state index contributed by atoms with van der Waals surface area (Å²) in [5.74, 6) is -0.154. The molecule has 0 aliphatic rings. The number of amides is 1. The van der Waals surface area contributed by atoms with Gasteiger partial charge < -0.3 is 10.4 Å². The molecule has 1 aromatic rings. The van der Waals surface area contributed by atoms with E-state index in [4.69, 9.17) is 0 Å². The van der Waals surface area contributed by atoms with Crippen molar-refractivity contribution in [1.29, 1.82) is 0 Å². The minimum absolute atomic E-state index is 0.0444. The summed E-state index contributed by atoms with van der Waals surface area (Å²) in [4.78, 5) is 11.7. The van der Waals surface area contributed by atoms with Gasteiger partial charge in [0.05, 0.1) is 5.56 Å². The highest BCUT2D eigenvalue weighted by Crippen LogP contribution is 2.19. The van der Waals surface area contributed by atoms with Crippen LogP contribution in [-0.2, 0) is 0 Å². The standard InChI is InChI=1S/C13H18INO2/c1-2-3-4-5-8-15-13(17)11-7-6-10(14)9-12(11)16/h6-7,9,16H,2-5,8H2,1H3,(H,15,17). The average molecular weight is 347 g/mol. The third-order valence-electron chi connectivity index (χ3n) is 2.52. The molecule has 0 fully saturated rings. The number of hydrogen-bond acceptors (Lipinski definition) is 2. The molecular weight excluding hydrogens is 329 g/mol. The summed E-state index contributed by atoms with van der Waals surface area (Å²) in [5, 5.41) is 12.5. The number of aromatic hydroxyl groups is 1. The van der Waals surface area contributed by atoms with Gasteiger partial charge in [0.15, 0.2) is 0 Å². The number of carbonyl (C=O) groups is 1. The van der Waals surface area contributed by atoms with E-state index < -0.39 is 0 Å². The van der Waals surface area contributed by atoms with Crippen LogP contribution in [0, 0.1) is 3.57 Å². The molecule has 0 unspecified atom stereocenters. The van der Waals surface area contributed by atoms with Crippen molar-refractivity contribution in [2.75, 3.05) is 6.54 Å². The Kier molecular flexibility index (Phi) is 6.32. The number of phenolic OH excluding ortho intramolecular Hbond substituents is 1. The van der Waals surface area contributed by atoms with E-state index in [0.717, 1.165) is 16.4 Å². The quantitative estimate of drug-likeness (QED) is 0.613. The number of phenols is 1. The summed E-state index contributed by atoms with van der Waals surface area (Å²) >= 11 is 2.10. The molecule has 2 N–H and O–H groups in total. The van der Waals surface area contributed by atoms with Gasteiger partial charge in [-0.2, -0.15) is 0 Å². The van der Waals surface area contributed by atoms with Gasteiger partial charge in [0.1, 0.15) is 5.75 Å². The molecular formula is C13H18INO2. The Balaban J connectivity index is 2.42. The predicted octanol–water partition coefficient (Wildman–Crippen LogP) is 3.31. The second kappa shape index (κ2) is 7.53. The number of carbonyl (C=O) groups excluding carboxylic acids is 1. The fourth-order valence-corrected chi connectivity index (χ4v) is 2.02. The maximum Gasteiger partial charge on any atom is 0.255 e. The molecule has 1 aromatic carbocycles. The van der Waals surface area contributed by atoms with Crippen molar-refractivity contribution in [2.45, 2.75) is 32.6 Å². The Morgan fingerprint density at radius 3 is 2.76 bits per heavy atom.